The molecular weight excluding hydrogens is 274 g/mol. The summed E-state index contributed by atoms with van der Waals surface area (Å²) < 4.78 is 24.7. The van der Waals surface area contributed by atoms with E-state index in [1.54, 1.807) is 4.57 Å². The molecule has 2 aliphatic carbocycles. The van der Waals surface area contributed by atoms with E-state index in [2.05, 4.69) is 10.2 Å². The molecule has 0 aromatic carbocycles. The second-order valence-electron chi connectivity index (χ2n) is 5.53. The Morgan fingerprint density at radius 2 is 1.89 bits per heavy atom. The van der Waals surface area contributed by atoms with Gasteiger partial charge in [0.05, 0.1) is 0 Å². The van der Waals surface area contributed by atoms with Gasteiger partial charge in [0, 0.05) is 22.6 Å². The smallest absolute Gasteiger partial charge is 0.296 e. The summed E-state index contributed by atoms with van der Waals surface area (Å²) in [4.78, 5) is 0. The van der Waals surface area contributed by atoms with Gasteiger partial charge in [-0.25, -0.2) is 8.42 Å². The molecule has 2 fully saturated rings. The SMILES string of the molecule is CC(C)n1c(C2C3CCCC32)nnc1S(=O)(=O)Cl. The summed E-state index contributed by atoms with van der Waals surface area (Å²) in [6, 6.07) is -0.000137. The van der Waals surface area contributed by atoms with E-state index < -0.39 is 9.05 Å². The van der Waals surface area contributed by atoms with Crippen molar-refractivity contribution in [3.05, 3.63) is 5.82 Å². The van der Waals surface area contributed by atoms with Crippen molar-refractivity contribution in [2.75, 3.05) is 0 Å². The first-order valence-electron chi connectivity index (χ1n) is 6.30. The molecule has 0 saturated heterocycles. The minimum Gasteiger partial charge on any atom is -0.298 e. The molecule has 7 heteroatoms. The van der Waals surface area contributed by atoms with Crippen molar-refractivity contribution in [3.63, 3.8) is 0 Å². The van der Waals surface area contributed by atoms with E-state index in [0.29, 0.717) is 17.8 Å². The van der Waals surface area contributed by atoms with E-state index >= 15 is 0 Å². The Labute approximate surface area is 111 Å². The average molecular weight is 290 g/mol. The Morgan fingerprint density at radius 3 is 2.39 bits per heavy atom. The Hall–Kier alpha value is -0.620. The lowest BCUT2D eigenvalue weighted by Crippen LogP contribution is -2.12. The maximum Gasteiger partial charge on any atom is 0.296 e. The lowest BCUT2D eigenvalue weighted by atomic mass is 10.1. The van der Waals surface area contributed by atoms with Gasteiger partial charge in [-0.3, -0.25) is 4.57 Å². The van der Waals surface area contributed by atoms with Crippen LogP contribution >= 0.6 is 10.7 Å². The molecule has 0 radical (unpaired) electrons. The van der Waals surface area contributed by atoms with Gasteiger partial charge in [0.1, 0.15) is 5.82 Å². The molecule has 0 amide bonds. The van der Waals surface area contributed by atoms with E-state index in [-0.39, 0.29) is 11.2 Å². The lowest BCUT2D eigenvalue weighted by molar-refractivity contribution is 0.497. The van der Waals surface area contributed by atoms with Crippen LogP contribution in [0.5, 0.6) is 0 Å². The maximum absolute atomic E-state index is 11.5. The summed E-state index contributed by atoms with van der Waals surface area (Å²) in [5, 5.41) is 7.78. The van der Waals surface area contributed by atoms with Gasteiger partial charge in [-0.15, -0.1) is 10.2 Å². The van der Waals surface area contributed by atoms with Crippen LogP contribution in [0.3, 0.4) is 0 Å². The predicted octanol–water partition coefficient (Wildman–Crippen LogP) is 2.30. The third kappa shape index (κ3) is 1.77. The highest BCUT2D eigenvalue weighted by atomic mass is 35.7. The second kappa shape index (κ2) is 3.93. The molecule has 1 heterocycles. The monoisotopic (exact) mass is 289 g/mol. The van der Waals surface area contributed by atoms with Gasteiger partial charge < -0.3 is 0 Å². The van der Waals surface area contributed by atoms with Gasteiger partial charge >= 0.3 is 0 Å². The third-order valence-corrected chi connectivity index (χ3v) is 5.26. The Balaban J connectivity index is 2.04. The van der Waals surface area contributed by atoms with Gasteiger partial charge in [-0.1, -0.05) is 6.42 Å². The number of fused-ring (bicyclic) bond motifs is 1. The number of rotatable bonds is 3. The largest absolute Gasteiger partial charge is 0.298 e. The van der Waals surface area contributed by atoms with Gasteiger partial charge in [-0.05, 0) is 38.5 Å². The van der Waals surface area contributed by atoms with E-state index in [4.69, 9.17) is 10.7 Å². The van der Waals surface area contributed by atoms with Gasteiger partial charge in [-0.2, -0.15) is 0 Å². The van der Waals surface area contributed by atoms with E-state index in [1.807, 2.05) is 13.8 Å². The molecule has 0 aliphatic heterocycles. The molecule has 100 valence electrons. The first-order valence-corrected chi connectivity index (χ1v) is 8.61. The van der Waals surface area contributed by atoms with Crippen molar-refractivity contribution in [3.8, 4) is 0 Å². The second-order valence-corrected chi connectivity index (χ2v) is 7.99. The van der Waals surface area contributed by atoms with Crippen LogP contribution in [0.2, 0.25) is 0 Å². The summed E-state index contributed by atoms with van der Waals surface area (Å²) in [7, 11) is 1.59. The van der Waals surface area contributed by atoms with E-state index in [0.717, 1.165) is 5.82 Å². The lowest BCUT2D eigenvalue weighted by Gasteiger charge is -2.13. The van der Waals surface area contributed by atoms with Gasteiger partial charge in [0.2, 0.25) is 0 Å². The zero-order valence-corrected chi connectivity index (χ0v) is 11.9. The van der Waals surface area contributed by atoms with Crippen molar-refractivity contribution in [1.29, 1.82) is 0 Å². The Kier molecular flexibility index (Phi) is 2.71. The van der Waals surface area contributed by atoms with Crippen LogP contribution in [0.25, 0.3) is 0 Å². The molecule has 18 heavy (non-hydrogen) atoms. The topological polar surface area (TPSA) is 64.8 Å². The normalized spacial score (nSPS) is 30.8. The van der Waals surface area contributed by atoms with Crippen molar-refractivity contribution in [2.24, 2.45) is 11.8 Å². The molecule has 2 aliphatic rings. The summed E-state index contributed by atoms with van der Waals surface area (Å²) in [5.41, 5.74) is 0. The molecule has 0 N–H and O–H groups in total. The van der Waals surface area contributed by atoms with Crippen LogP contribution in [-0.2, 0) is 9.05 Å². The number of hydrogen-bond acceptors (Lipinski definition) is 4. The van der Waals surface area contributed by atoms with Crippen LogP contribution in [0.4, 0.5) is 0 Å². The fraction of sp³-hybridized carbons (Fsp3) is 0.818. The van der Waals surface area contributed by atoms with Crippen molar-refractivity contribution in [2.45, 2.75) is 50.2 Å². The Morgan fingerprint density at radius 1 is 1.28 bits per heavy atom. The molecular formula is C11H16ClN3O2S. The molecule has 3 rings (SSSR count). The fourth-order valence-electron chi connectivity index (χ4n) is 3.37. The molecule has 0 bridgehead atoms. The van der Waals surface area contributed by atoms with Crippen molar-refractivity contribution >= 4 is 19.7 Å². The molecule has 1 aromatic rings. The first-order chi connectivity index (χ1) is 8.41. The zero-order valence-electron chi connectivity index (χ0n) is 10.4. The molecule has 2 atom stereocenters. The first kappa shape index (κ1) is 12.4. The Bertz CT molecular complexity index is 571. The highest BCUT2D eigenvalue weighted by Gasteiger charge is 2.56. The van der Waals surface area contributed by atoms with E-state index in [1.165, 1.54) is 19.3 Å². The fourth-order valence-corrected chi connectivity index (χ4v) is 4.37. The minimum absolute atomic E-state index is 0.000137. The highest BCUT2D eigenvalue weighted by molar-refractivity contribution is 8.13. The number of halogens is 1. The summed E-state index contributed by atoms with van der Waals surface area (Å²) in [6.45, 7) is 3.85. The molecule has 2 unspecified atom stereocenters. The van der Waals surface area contributed by atoms with Crippen LogP contribution in [0, 0.1) is 11.8 Å². The molecule has 0 spiro atoms. The molecule has 2 saturated carbocycles. The summed E-state index contributed by atoms with van der Waals surface area (Å²) in [6.07, 6.45) is 3.73. The maximum atomic E-state index is 11.5. The van der Waals surface area contributed by atoms with E-state index in [9.17, 15) is 8.42 Å². The van der Waals surface area contributed by atoms with Crippen molar-refractivity contribution in [1.82, 2.24) is 14.8 Å². The van der Waals surface area contributed by atoms with Crippen LogP contribution < -0.4 is 0 Å². The van der Waals surface area contributed by atoms with Crippen molar-refractivity contribution < 1.29 is 8.42 Å². The number of nitrogens with zero attached hydrogens (tertiary/aromatic N) is 3. The van der Waals surface area contributed by atoms with Crippen LogP contribution in [0.1, 0.15) is 50.9 Å². The zero-order chi connectivity index (χ0) is 13.1. The predicted molar refractivity (Wildman–Crippen MR) is 67.0 cm³/mol. The van der Waals surface area contributed by atoms with Gasteiger partial charge in [0.25, 0.3) is 14.2 Å². The summed E-state index contributed by atoms with van der Waals surface area (Å²) >= 11 is 0. The minimum atomic E-state index is -3.83. The number of aromatic nitrogens is 3. The molecule has 1 aromatic heterocycles. The summed E-state index contributed by atoms with van der Waals surface area (Å²) in [5.74, 6) is 2.55. The quantitative estimate of drug-likeness (QED) is 0.801. The number of hydrogen-bond donors (Lipinski definition) is 0. The highest BCUT2D eigenvalue weighted by Crippen LogP contribution is 2.62. The standard InChI is InChI=1S/C11H16ClN3O2S/c1-6(2)15-10(9-7-4-3-5-8(7)9)13-14-11(15)18(12,16)17/h6-9H,3-5H2,1-2H3. The average Bonchev–Trinajstić information content (AvgIpc) is 2.72. The van der Waals surface area contributed by atoms with Crippen LogP contribution in [0.15, 0.2) is 5.16 Å². The molecule has 5 nitrogen and oxygen atoms in total. The van der Waals surface area contributed by atoms with Crippen LogP contribution in [-0.4, -0.2) is 23.2 Å². The van der Waals surface area contributed by atoms with Gasteiger partial charge in [0.15, 0.2) is 0 Å². The third-order valence-electron chi connectivity index (χ3n) is 4.13.